The first-order chi connectivity index (χ1) is 5.58. The molecular formula is C5H8Cl2N4S. The summed E-state index contributed by atoms with van der Waals surface area (Å²) in [5.74, 6) is 0.427. The van der Waals surface area contributed by atoms with Gasteiger partial charge < -0.3 is 4.72 Å². The third-order valence-corrected chi connectivity index (χ3v) is 1.89. The summed E-state index contributed by atoms with van der Waals surface area (Å²) in [5, 5.41) is 0.212. The maximum Gasteiger partial charge on any atom is 0.236 e. The van der Waals surface area contributed by atoms with Crippen molar-refractivity contribution in [2.45, 2.75) is 0 Å². The minimum absolute atomic E-state index is 0.106. The first-order valence-corrected chi connectivity index (χ1v) is 6.08. The summed E-state index contributed by atoms with van der Waals surface area (Å²) in [4.78, 5) is 11.3. The van der Waals surface area contributed by atoms with Crippen molar-refractivity contribution in [2.24, 2.45) is 0 Å². The highest BCUT2D eigenvalue weighted by molar-refractivity contribution is 8.16. The van der Waals surface area contributed by atoms with Crippen LogP contribution in [-0.2, 0) is 0 Å². The Kier molecular flexibility index (Phi) is 3.37. The summed E-state index contributed by atoms with van der Waals surface area (Å²) in [7, 11) is 0. The standard InChI is InChI=1S/C5H8Cl2N4S/c1-12(2)11-5-9-3(6)8-4(7)10-5/h12H,1-2H3,(H,8,9,10,11). The number of anilines is 1. The van der Waals surface area contributed by atoms with Crippen molar-refractivity contribution in [3.05, 3.63) is 10.6 Å². The average molecular weight is 227 g/mol. The number of halogens is 2. The summed E-state index contributed by atoms with van der Waals surface area (Å²) in [5.41, 5.74) is 0. The third-order valence-electron chi connectivity index (χ3n) is 0.904. The molecule has 68 valence electrons. The average Bonchev–Trinajstić information content (AvgIpc) is 1.81. The fraction of sp³-hybridized carbons (Fsp3) is 0.400. The Labute approximate surface area is 83.2 Å². The molecule has 1 aromatic heterocycles. The Balaban J connectivity index is 2.85. The van der Waals surface area contributed by atoms with Crippen molar-refractivity contribution in [2.75, 3.05) is 17.2 Å². The first-order valence-electron chi connectivity index (χ1n) is 3.09. The molecule has 12 heavy (non-hydrogen) atoms. The maximum absolute atomic E-state index is 5.55. The van der Waals surface area contributed by atoms with Gasteiger partial charge in [0, 0.05) is 0 Å². The number of thiol groups is 1. The van der Waals surface area contributed by atoms with Crippen LogP contribution in [0, 0.1) is 0 Å². The van der Waals surface area contributed by atoms with Crippen molar-refractivity contribution in [3.63, 3.8) is 0 Å². The monoisotopic (exact) mass is 226 g/mol. The van der Waals surface area contributed by atoms with Crippen LogP contribution in [0.1, 0.15) is 0 Å². The number of nitrogens with one attached hydrogen (secondary N) is 1. The van der Waals surface area contributed by atoms with E-state index in [9.17, 15) is 0 Å². The predicted molar refractivity (Wildman–Crippen MR) is 54.3 cm³/mol. The largest absolute Gasteiger partial charge is 0.319 e. The maximum atomic E-state index is 5.55. The van der Waals surface area contributed by atoms with E-state index in [1.165, 1.54) is 0 Å². The lowest BCUT2D eigenvalue weighted by atomic mass is 11.0. The van der Waals surface area contributed by atoms with E-state index in [0.29, 0.717) is 5.95 Å². The zero-order valence-corrected chi connectivity index (χ0v) is 8.95. The molecule has 0 saturated carbocycles. The van der Waals surface area contributed by atoms with Gasteiger partial charge in [0.25, 0.3) is 0 Å². The number of hydrogen-bond donors (Lipinski definition) is 2. The van der Waals surface area contributed by atoms with Crippen LogP contribution in [0.15, 0.2) is 0 Å². The van der Waals surface area contributed by atoms with Gasteiger partial charge in [-0.3, -0.25) is 0 Å². The van der Waals surface area contributed by atoms with E-state index >= 15 is 0 Å². The van der Waals surface area contributed by atoms with Crippen molar-refractivity contribution in [1.29, 1.82) is 0 Å². The third kappa shape index (κ3) is 3.00. The van der Waals surface area contributed by atoms with Crippen molar-refractivity contribution in [3.8, 4) is 0 Å². The lowest BCUT2D eigenvalue weighted by Gasteiger charge is -2.10. The van der Waals surface area contributed by atoms with Gasteiger partial charge in [-0.25, -0.2) is 0 Å². The molecule has 0 aliphatic carbocycles. The Morgan fingerprint density at radius 2 is 1.58 bits per heavy atom. The summed E-state index contributed by atoms with van der Waals surface area (Å²) in [6, 6.07) is 0. The summed E-state index contributed by atoms with van der Waals surface area (Å²) in [6.07, 6.45) is 4.06. The zero-order chi connectivity index (χ0) is 9.14. The van der Waals surface area contributed by atoms with Crippen molar-refractivity contribution in [1.82, 2.24) is 15.0 Å². The van der Waals surface area contributed by atoms with Crippen LogP contribution in [0.25, 0.3) is 0 Å². The number of rotatable bonds is 2. The van der Waals surface area contributed by atoms with E-state index in [0.717, 1.165) is 0 Å². The summed E-state index contributed by atoms with van der Waals surface area (Å²) in [6.45, 7) is 0. The molecule has 0 fully saturated rings. The SMILES string of the molecule is C[SH](C)Nc1nc(Cl)nc(Cl)n1. The molecule has 7 heteroatoms. The molecule has 0 unspecified atom stereocenters. The van der Waals surface area contributed by atoms with Crippen molar-refractivity contribution < 1.29 is 0 Å². The lowest BCUT2D eigenvalue weighted by molar-refractivity contribution is 1.06. The van der Waals surface area contributed by atoms with Crippen LogP contribution in [0.3, 0.4) is 0 Å². The smallest absolute Gasteiger partial charge is 0.236 e. The van der Waals surface area contributed by atoms with Gasteiger partial charge in [-0.1, -0.05) is 0 Å². The van der Waals surface area contributed by atoms with E-state index in [-0.39, 0.29) is 21.6 Å². The molecule has 0 amide bonds. The van der Waals surface area contributed by atoms with Gasteiger partial charge >= 0.3 is 0 Å². The second-order valence-electron chi connectivity index (χ2n) is 2.20. The molecule has 1 aromatic rings. The van der Waals surface area contributed by atoms with Gasteiger partial charge in [-0.05, 0) is 35.7 Å². The quantitative estimate of drug-likeness (QED) is 0.756. The van der Waals surface area contributed by atoms with Crippen LogP contribution in [0.2, 0.25) is 10.6 Å². The second kappa shape index (κ2) is 4.11. The number of hydrogen-bond acceptors (Lipinski definition) is 4. The van der Waals surface area contributed by atoms with Crippen LogP contribution < -0.4 is 4.72 Å². The molecule has 0 spiro atoms. The highest BCUT2D eigenvalue weighted by Crippen LogP contribution is 2.17. The highest BCUT2D eigenvalue weighted by atomic mass is 35.5. The normalized spacial score (nSPS) is 11.2. The topological polar surface area (TPSA) is 50.7 Å². The van der Waals surface area contributed by atoms with Gasteiger partial charge in [0.2, 0.25) is 16.5 Å². The number of nitrogens with zero attached hydrogens (tertiary/aromatic N) is 3. The Bertz CT molecular complexity index is 260. The lowest BCUT2D eigenvalue weighted by Crippen LogP contribution is -2.00. The van der Waals surface area contributed by atoms with Gasteiger partial charge in [-0.15, -0.1) is 0 Å². The first kappa shape index (κ1) is 9.83. The Hall–Kier alpha value is -0.260. The minimum Gasteiger partial charge on any atom is -0.319 e. The summed E-state index contributed by atoms with van der Waals surface area (Å²) < 4.78 is 3.02. The van der Waals surface area contributed by atoms with E-state index in [1.54, 1.807) is 0 Å². The molecule has 0 bridgehead atoms. The molecule has 0 atom stereocenters. The molecule has 0 radical (unpaired) electrons. The van der Waals surface area contributed by atoms with E-state index in [4.69, 9.17) is 23.2 Å². The van der Waals surface area contributed by atoms with E-state index in [2.05, 4.69) is 19.7 Å². The van der Waals surface area contributed by atoms with E-state index < -0.39 is 0 Å². The van der Waals surface area contributed by atoms with Crippen LogP contribution in [-0.4, -0.2) is 27.5 Å². The molecule has 0 saturated heterocycles. The molecule has 0 aromatic carbocycles. The molecule has 0 aliphatic rings. The van der Waals surface area contributed by atoms with Crippen LogP contribution in [0.4, 0.5) is 5.95 Å². The summed E-state index contributed by atoms with van der Waals surface area (Å²) >= 11 is 10.8. The Morgan fingerprint density at radius 1 is 1.08 bits per heavy atom. The van der Waals surface area contributed by atoms with Gasteiger partial charge in [0.05, 0.1) is 0 Å². The molecule has 4 nitrogen and oxygen atoms in total. The van der Waals surface area contributed by atoms with Gasteiger partial charge in [-0.2, -0.15) is 26.0 Å². The minimum atomic E-state index is -0.322. The number of aromatic nitrogens is 3. The molecule has 0 aliphatic heterocycles. The van der Waals surface area contributed by atoms with Crippen molar-refractivity contribution >= 4 is 40.2 Å². The predicted octanol–water partition coefficient (Wildman–Crippen LogP) is 1.77. The van der Waals surface area contributed by atoms with E-state index in [1.807, 2.05) is 12.5 Å². The zero-order valence-electron chi connectivity index (χ0n) is 6.54. The molecule has 1 heterocycles. The van der Waals surface area contributed by atoms with Gasteiger partial charge in [0.1, 0.15) is 0 Å². The molecule has 1 rings (SSSR count). The fourth-order valence-corrected chi connectivity index (χ4v) is 1.44. The molecule has 1 N–H and O–H groups in total. The Morgan fingerprint density at radius 3 is 2.00 bits per heavy atom. The second-order valence-corrected chi connectivity index (χ2v) is 4.89. The highest BCUT2D eigenvalue weighted by Gasteiger charge is 2.01. The molecular weight excluding hydrogens is 219 g/mol. The fourth-order valence-electron chi connectivity index (χ4n) is 0.576. The van der Waals surface area contributed by atoms with Crippen LogP contribution >= 0.6 is 34.3 Å². The van der Waals surface area contributed by atoms with Gasteiger partial charge in [0.15, 0.2) is 0 Å². The van der Waals surface area contributed by atoms with Crippen LogP contribution in [0.5, 0.6) is 0 Å².